The van der Waals surface area contributed by atoms with E-state index < -0.39 is 10.0 Å². The van der Waals surface area contributed by atoms with E-state index in [-0.39, 0.29) is 23.3 Å². The summed E-state index contributed by atoms with van der Waals surface area (Å²) < 4.78 is 31.3. The number of hydrogen-bond acceptors (Lipinski definition) is 7. The van der Waals surface area contributed by atoms with Crippen molar-refractivity contribution >= 4 is 16.0 Å². The van der Waals surface area contributed by atoms with Crippen LogP contribution in [0.2, 0.25) is 0 Å². The van der Waals surface area contributed by atoms with Crippen LogP contribution in [0.25, 0.3) is 0 Å². The van der Waals surface area contributed by atoms with Crippen molar-refractivity contribution in [1.82, 2.24) is 15.2 Å². The van der Waals surface area contributed by atoms with Gasteiger partial charge in [-0.2, -0.15) is 0 Å². The number of sulfonamides is 1. The van der Waals surface area contributed by atoms with Crippen LogP contribution < -0.4 is 10.5 Å². The van der Waals surface area contributed by atoms with E-state index in [2.05, 4.69) is 31.7 Å². The van der Waals surface area contributed by atoms with Gasteiger partial charge in [0.2, 0.25) is 5.89 Å². The van der Waals surface area contributed by atoms with Gasteiger partial charge in [0.25, 0.3) is 10.0 Å². The van der Waals surface area contributed by atoms with Crippen LogP contribution in [0.15, 0.2) is 27.8 Å². The number of rotatable bonds is 3. The first-order valence-corrected chi connectivity index (χ1v) is 6.96. The average Bonchev–Trinajstić information content (AvgIpc) is 2.81. The summed E-state index contributed by atoms with van der Waals surface area (Å²) in [6.45, 7) is 1.73. The Morgan fingerprint density at radius 2 is 2.20 bits per heavy atom. The predicted octanol–water partition coefficient (Wildman–Crippen LogP) is -0.116. The zero-order valence-corrected chi connectivity index (χ0v) is 11.3. The third-order valence-electron chi connectivity index (χ3n) is 2.11. The zero-order valence-electron chi connectivity index (χ0n) is 10.5. The van der Waals surface area contributed by atoms with Gasteiger partial charge in [-0.25, -0.2) is 13.1 Å². The van der Waals surface area contributed by atoms with Crippen LogP contribution in [-0.2, 0) is 10.0 Å². The molecule has 8 nitrogen and oxygen atoms in total. The Labute approximate surface area is 115 Å². The first kappa shape index (κ1) is 14.0. The zero-order chi connectivity index (χ0) is 14.6. The minimum atomic E-state index is -3.86. The Kier molecular flexibility index (Phi) is 3.97. The maximum absolute atomic E-state index is 12.1. The minimum absolute atomic E-state index is 0.0582. The fraction of sp³-hybridized carbons (Fsp3) is 0.182. The van der Waals surface area contributed by atoms with E-state index in [9.17, 15) is 8.42 Å². The van der Waals surface area contributed by atoms with Crippen molar-refractivity contribution in [3.8, 4) is 11.8 Å². The molecule has 3 N–H and O–H groups in total. The van der Waals surface area contributed by atoms with Gasteiger partial charge in [-0.05, 0) is 6.07 Å². The molecule has 0 amide bonds. The van der Waals surface area contributed by atoms with Crippen molar-refractivity contribution in [3.63, 3.8) is 0 Å². The Hall–Kier alpha value is -2.44. The van der Waals surface area contributed by atoms with Gasteiger partial charge in [-0.3, -0.25) is 4.98 Å². The molecule has 0 spiro atoms. The van der Waals surface area contributed by atoms with Crippen molar-refractivity contribution in [1.29, 1.82) is 0 Å². The summed E-state index contributed by atoms with van der Waals surface area (Å²) in [5, 5.41) is 7.08. The van der Waals surface area contributed by atoms with Crippen molar-refractivity contribution in [3.05, 3.63) is 29.9 Å². The Morgan fingerprint density at radius 1 is 1.40 bits per heavy atom. The molecule has 20 heavy (non-hydrogen) atoms. The minimum Gasteiger partial charge on any atom is -0.408 e. The van der Waals surface area contributed by atoms with Gasteiger partial charge < -0.3 is 10.2 Å². The summed E-state index contributed by atoms with van der Waals surface area (Å²) >= 11 is 0. The molecular formula is C11H11N5O3S. The quantitative estimate of drug-likeness (QED) is 0.756. The summed E-state index contributed by atoms with van der Waals surface area (Å²) in [7, 11) is -3.86. The Morgan fingerprint density at radius 3 is 2.85 bits per heavy atom. The lowest BCUT2D eigenvalue weighted by atomic mass is 10.3. The van der Waals surface area contributed by atoms with Gasteiger partial charge in [0.15, 0.2) is 0 Å². The molecule has 2 aromatic heterocycles. The molecule has 9 heteroatoms. The molecule has 0 saturated carbocycles. The van der Waals surface area contributed by atoms with E-state index in [4.69, 9.17) is 10.2 Å². The predicted molar refractivity (Wildman–Crippen MR) is 70.0 cm³/mol. The molecule has 0 aliphatic rings. The topological polar surface area (TPSA) is 124 Å². The molecular weight excluding hydrogens is 282 g/mol. The molecule has 2 heterocycles. The van der Waals surface area contributed by atoms with E-state index in [0.29, 0.717) is 5.56 Å². The van der Waals surface area contributed by atoms with Crippen LogP contribution in [0.5, 0.6) is 0 Å². The number of aryl methyl sites for hydroxylation is 1. The fourth-order valence-corrected chi connectivity index (χ4v) is 2.21. The third-order valence-corrected chi connectivity index (χ3v) is 3.39. The van der Waals surface area contributed by atoms with Gasteiger partial charge in [-0.15, -0.1) is 5.10 Å². The van der Waals surface area contributed by atoms with Crippen molar-refractivity contribution in [2.75, 3.05) is 11.3 Å². The van der Waals surface area contributed by atoms with Gasteiger partial charge in [-0.1, -0.05) is 16.9 Å². The van der Waals surface area contributed by atoms with E-state index in [1.165, 1.54) is 18.5 Å². The molecule has 0 aliphatic heterocycles. The van der Waals surface area contributed by atoms with Crippen LogP contribution in [-0.4, -0.2) is 30.1 Å². The number of nitrogens with zero attached hydrogens (tertiary/aromatic N) is 3. The number of aromatic nitrogens is 3. The number of hydrogen-bond donors (Lipinski definition) is 2. The molecule has 104 valence electrons. The summed E-state index contributed by atoms with van der Waals surface area (Å²) in [5.74, 6) is 5.57. The highest BCUT2D eigenvalue weighted by Gasteiger charge is 2.18. The molecule has 0 fully saturated rings. The van der Waals surface area contributed by atoms with Crippen molar-refractivity contribution < 1.29 is 12.8 Å². The van der Waals surface area contributed by atoms with Gasteiger partial charge in [0, 0.05) is 24.9 Å². The van der Waals surface area contributed by atoms with Gasteiger partial charge in [0.05, 0.1) is 6.54 Å². The first-order chi connectivity index (χ1) is 9.51. The molecule has 2 rings (SSSR count). The van der Waals surface area contributed by atoms with E-state index in [0.717, 1.165) is 0 Å². The van der Waals surface area contributed by atoms with Crippen LogP contribution >= 0.6 is 0 Å². The van der Waals surface area contributed by atoms with Crippen LogP contribution in [0.4, 0.5) is 6.01 Å². The summed E-state index contributed by atoms with van der Waals surface area (Å²) in [6, 6.07) is 1.17. The maximum Gasteiger partial charge on any atom is 0.329 e. The second-order valence-electron chi connectivity index (χ2n) is 3.65. The van der Waals surface area contributed by atoms with Crippen LogP contribution in [0.3, 0.4) is 0 Å². The Balaban J connectivity index is 2.29. The van der Waals surface area contributed by atoms with Crippen molar-refractivity contribution in [2.45, 2.75) is 11.8 Å². The fourth-order valence-electron chi connectivity index (χ4n) is 1.30. The highest BCUT2D eigenvalue weighted by molar-refractivity contribution is 7.92. The molecule has 2 aromatic rings. The van der Waals surface area contributed by atoms with Crippen LogP contribution in [0.1, 0.15) is 11.5 Å². The molecule has 0 saturated heterocycles. The highest BCUT2D eigenvalue weighted by atomic mass is 32.2. The maximum atomic E-state index is 12.1. The summed E-state index contributed by atoms with van der Waals surface area (Å²) in [4.78, 5) is 3.76. The SMILES string of the molecule is Cc1nnc(NS(=O)(=O)c2cncc(C#CCN)c2)o1. The molecule has 0 bridgehead atoms. The van der Waals surface area contributed by atoms with E-state index in [1.54, 1.807) is 6.92 Å². The standard InChI is InChI=1S/C11H11N5O3S/c1-8-14-15-11(19-8)16-20(17,18)10-5-9(3-2-4-12)6-13-7-10/h5-7H,4,12H2,1H3,(H,15,16). The van der Waals surface area contributed by atoms with Crippen LogP contribution in [0, 0.1) is 18.8 Å². The number of nitrogens with one attached hydrogen (secondary N) is 1. The molecule has 0 radical (unpaired) electrons. The lowest BCUT2D eigenvalue weighted by Crippen LogP contribution is -2.13. The lowest BCUT2D eigenvalue weighted by Gasteiger charge is -2.03. The van der Waals surface area contributed by atoms with Gasteiger partial charge >= 0.3 is 6.01 Å². The number of pyridine rings is 1. The first-order valence-electron chi connectivity index (χ1n) is 5.48. The largest absolute Gasteiger partial charge is 0.408 e. The van der Waals surface area contributed by atoms with E-state index >= 15 is 0 Å². The second-order valence-corrected chi connectivity index (χ2v) is 5.33. The molecule has 0 atom stereocenters. The Bertz CT molecular complexity index is 773. The monoisotopic (exact) mass is 293 g/mol. The molecule has 0 aromatic carbocycles. The molecule has 0 aliphatic carbocycles. The van der Waals surface area contributed by atoms with Crippen molar-refractivity contribution in [2.24, 2.45) is 5.73 Å². The molecule has 0 unspecified atom stereocenters. The highest BCUT2D eigenvalue weighted by Crippen LogP contribution is 2.14. The summed E-state index contributed by atoms with van der Waals surface area (Å²) in [6.07, 6.45) is 2.64. The summed E-state index contributed by atoms with van der Waals surface area (Å²) in [5.41, 5.74) is 5.70. The van der Waals surface area contributed by atoms with Gasteiger partial charge in [0.1, 0.15) is 4.90 Å². The van der Waals surface area contributed by atoms with E-state index in [1.807, 2.05) is 0 Å². The normalized spacial score (nSPS) is 10.7. The smallest absolute Gasteiger partial charge is 0.329 e. The number of nitrogens with two attached hydrogens (primary N) is 1. The number of anilines is 1. The average molecular weight is 293 g/mol. The second kappa shape index (κ2) is 5.68. The third kappa shape index (κ3) is 3.31. The lowest BCUT2D eigenvalue weighted by molar-refractivity contribution is 0.534.